The third-order valence-corrected chi connectivity index (χ3v) is 3.99. The number of hydrogen-bond acceptors (Lipinski definition) is 5. The van der Waals surface area contributed by atoms with Crippen LogP contribution in [-0.2, 0) is 0 Å². The molecule has 0 spiro atoms. The fourth-order valence-electron chi connectivity index (χ4n) is 2.92. The van der Waals surface area contributed by atoms with Crippen molar-refractivity contribution in [3.05, 3.63) is 66.4 Å². The summed E-state index contributed by atoms with van der Waals surface area (Å²) in [5.74, 6) is -0.120. The van der Waals surface area contributed by atoms with Crippen LogP contribution in [0.3, 0.4) is 0 Å². The molecule has 2 aromatic heterocycles. The normalized spacial score (nSPS) is 11.4. The van der Waals surface area contributed by atoms with Crippen molar-refractivity contribution in [3.63, 3.8) is 0 Å². The minimum atomic E-state index is -4.87. The topological polar surface area (TPSA) is 76.1 Å². The molecule has 138 valence electrons. The first-order valence-electron chi connectivity index (χ1n) is 8.03. The molecule has 0 N–H and O–H groups in total. The maximum Gasteiger partial charge on any atom is 0.573 e. The van der Waals surface area contributed by atoms with Crippen LogP contribution in [-0.4, -0.2) is 26.2 Å². The molecule has 0 saturated carbocycles. The zero-order valence-corrected chi connectivity index (χ0v) is 14.1. The molecule has 0 fully saturated rings. The van der Waals surface area contributed by atoms with E-state index in [9.17, 15) is 18.4 Å². The molecule has 2 heterocycles. The van der Waals surface area contributed by atoms with Crippen LogP contribution >= 0.6 is 0 Å². The summed E-state index contributed by atoms with van der Waals surface area (Å²) in [4.78, 5) is 0. The molecule has 28 heavy (non-hydrogen) atoms. The smallest absolute Gasteiger partial charge is 0.405 e. The second-order valence-corrected chi connectivity index (χ2v) is 5.70. The number of benzene rings is 2. The van der Waals surface area contributed by atoms with Crippen molar-refractivity contribution in [1.82, 2.24) is 19.8 Å². The Kier molecular flexibility index (Phi) is 4.16. The molecule has 0 aliphatic carbocycles. The number of para-hydroxylation sites is 1. The summed E-state index contributed by atoms with van der Waals surface area (Å²) in [6.07, 6.45) is -3.34. The Morgan fingerprint density at radius 3 is 2.50 bits per heavy atom. The van der Waals surface area contributed by atoms with Crippen molar-refractivity contribution in [1.29, 1.82) is 5.26 Å². The zero-order chi connectivity index (χ0) is 19.7. The molecule has 0 amide bonds. The standard InChI is InChI=1S/C19H10F3N5O/c20-19(21,22)28-15-8-2-1-6-13(15)17-12(11-23)5-3-7-14(17)18-26-25-16-9-4-10-24-27(16)18/h1-10H. The highest BCUT2D eigenvalue weighted by molar-refractivity contribution is 5.88. The van der Waals surface area contributed by atoms with Gasteiger partial charge in [-0.3, -0.25) is 0 Å². The lowest BCUT2D eigenvalue weighted by Crippen LogP contribution is -2.17. The van der Waals surface area contributed by atoms with Crippen LogP contribution in [0.4, 0.5) is 13.2 Å². The molecule has 2 aromatic carbocycles. The van der Waals surface area contributed by atoms with Gasteiger partial charge in [-0.1, -0.05) is 30.3 Å². The summed E-state index contributed by atoms with van der Waals surface area (Å²) in [5, 5.41) is 21.9. The molecule has 0 aliphatic heterocycles. The van der Waals surface area contributed by atoms with E-state index < -0.39 is 12.1 Å². The molecular weight excluding hydrogens is 371 g/mol. The zero-order valence-electron chi connectivity index (χ0n) is 14.1. The predicted molar refractivity (Wildman–Crippen MR) is 93.1 cm³/mol. The largest absolute Gasteiger partial charge is 0.573 e. The van der Waals surface area contributed by atoms with E-state index in [2.05, 4.69) is 20.0 Å². The Morgan fingerprint density at radius 2 is 1.71 bits per heavy atom. The molecule has 0 bridgehead atoms. The van der Waals surface area contributed by atoms with Gasteiger partial charge in [-0.2, -0.15) is 14.9 Å². The van der Waals surface area contributed by atoms with E-state index in [0.29, 0.717) is 17.0 Å². The first-order chi connectivity index (χ1) is 13.5. The summed E-state index contributed by atoms with van der Waals surface area (Å²) in [6, 6.07) is 15.8. The van der Waals surface area contributed by atoms with Crippen LogP contribution in [0.15, 0.2) is 60.8 Å². The number of hydrogen-bond donors (Lipinski definition) is 0. The third-order valence-electron chi connectivity index (χ3n) is 3.99. The van der Waals surface area contributed by atoms with Crippen molar-refractivity contribution >= 4 is 5.65 Å². The van der Waals surface area contributed by atoms with Crippen molar-refractivity contribution in [2.24, 2.45) is 0 Å². The number of nitrogens with zero attached hydrogens (tertiary/aromatic N) is 5. The minimum absolute atomic E-state index is 0.111. The maximum atomic E-state index is 12.9. The van der Waals surface area contributed by atoms with E-state index in [1.54, 1.807) is 30.3 Å². The molecule has 0 aliphatic rings. The van der Waals surface area contributed by atoms with Crippen molar-refractivity contribution in [2.45, 2.75) is 6.36 Å². The van der Waals surface area contributed by atoms with Gasteiger partial charge in [0.25, 0.3) is 0 Å². The molecule has 9 heteroatoms. The number of rotatable bonds is 3. The van der Waals surface area contributed by atoms with Gasteiger partial charge < -0.3 is 4.74 Å². The molecule has 0 atom stereocenters. The fourth-order valence-corrected chi connectivity index (χ4v) is 2.92. The number of fused-ring (bicyclic) bond motifs is 1. The van der Waals surface area contributed by atoms with Gasteiger partial charge in [0.1, 0.15) is 5.75 Å². The number of alkyl halides is 3. The van der Waals surface area contributed by atoms with Crippen LogP contribution in [0.1, 0.15) is 5.56 Å². The average molecular weight is 381 g/mol. The fraction of sp³-hybridized carbons (Fsp3) is 0.0526. The Labute approximate surface area is 156 Å². The third kappa shape index (κ3) is 3.12. The van der Waals surface area contributed by atoms with Crippen molar-refractivity contribution in [3.8, 4) is 34.3 Å². The lowest BCUT2D eigenvalue weighted by atomic mass is 9.93. The Balaban J connectivity index is 2.01. The van der Waals surface area contributed by atoms with E-state index in [-0.39, 0.29) is 16.7 Å². The monoisotopic (exact) mass is 381 g/mol. The molecule has 0 radical (unpaired) electrons. The molecule has 6 nitrogen and oxygen atoms in total. The highest BCUT2D eigenvalue weighted by Gasteiger charge is 2.33. The molecule has 0 saturated heterocycles. The van der Waals surface area contributed by atoms with Crippen LogP contribution in [0, 0.1) is 11.3 Å². The maximum absolute atomic E-state index is 12.9. The molecular formula is C19H10F3N5O. The van der Waals surface area contributed by atoms with Gasteiger partial charge in [-0.25, -0.2) is 0 Å². The minimum Gasteiger partial charge on any atom is -0.405 e. The average Bonchev–Trinajstić information content (AvgIpc) is 3.11. The first-order valence-corrected chi connectivity index (χ1v) is 8.03. The summed E-state index contributed by atoms with van der Waals surface area (Å²) in [5.41, 5.74) is 1.40. The van der Waals surface area contributed by atoms with E-state index in [0.717, 1.165) is 0 Å². The summed E-state index contributed by atoms with van der Waals surface area (Å²) in [7, 11) is 0. The highest BCUT2D eigenvalue weighted by atomic mass is 19.4. The van der Waals surface area contributed by atoms with Gasteiger partial charge in [-0.05, 0) is 24.3 Å². The molecule has 0 unspecified atom stereocenters. The molecule has 4 aromatic rings. The summed E-state index contributed by atoms with van der Waals surface area (Å²) < 4.78 is 44.3. The Hall–Kier alpha value is -3.93. The quantitative estimate of drug-likeness (QED) is 0.531. The van der Waals surface area contributed by atoms with Crippen LogP contribution in [0.2, 0.25) is 0 Å². The lowest BCUT2D eigenvalue weighted by Gasteiger charge is -2.16. The van der Waals surface area contributed by atoms with E-state index >= 15 is 0 Å². The number of nitriles is 1. The van der Waals surface area contributed by atoms with Gasteiger partial charge in [0.15, 0.2) is 11.5 Å². The summed E-state index contributed by atoms with van der Waals surface area (Å²) in [6.45, 7) is 0. The van der Waals surface area contributed by atoms with Gasteiger partial charge in [0, 0.05) is 22.9 Å². The predicted octanol–water partition coefficient (Wildman–Crippen LogP) is 4.23. The highest BCUT2D eigenvalue weighted by Crippen LogP contribution is 2.40. The van der Waals surface area contributed by atoms with Crippen LogP contribution < -0.4 is 4.74 Å². The molecule has 4 rings (SSSR count). The second-order valence-electron chi connectivity index (χ2n) is 5.70. The van der Waals surface area contributed by atoms with Gasteiger partial charge >= 0.3 is 6.36 Å². The van der Waals surface area contributed by atoms with Crippen LogP contribution in [0.25, 0.3) is 28.2 Å². The Morgan fingerprint density at radius 1 is 0.929 bits per heavy atom. The van der Waals surface area contributed by atoms with Crippen molar-refractivity contribution in [2.75, 3.05) is 0 Å². The SMILES string of the molecule is N#Cc1cccc(-c2nnc3cccnn23)c1-c1ccccc1OC(F)(F)F. The van der Waals surface area contributed by atoms with Gasteiger partial charge in [-0.15, -0.1) is 23.4 Å². The van der Waals surface area contributed by atoms with E-state index in [1.807, 2.05) is 6.07 Å². The van der Waals surface area contributed by atoms with Crippen LogP contribution in [0.5, 0.6) is 5.75 Å². The first kappa shape index (κ1) is 17.5. The lowest BCUT2D eigenvalue weighted by molar-refractivity contribution is -0.274. The van der Waals surface area contributed by atoms with Gasteiger partial charge in [0.2, 0.25) is 0 Å². The summed E-state index contributed by atoms with van der Waals surface area (Å²) >= 11 is 0. The Bertz CT molecular complexity index is 1210. The number of aromatic nitrogens is 4. The second kappa shape index (κ2) is 6.66. The van der Waals surface area contributed by atoms with Crippen molar-refractivity contribution < 1.29 is 17.9 Å². The van der Waals surface area contributed by atoms with E-state index in [4.69, 9.17) is 0 Å². The van der Waals surface area contributed by atoms with Gasteiger partial charge in [0.05, 0.1) is 11.6 Å². The van der Waals surface area contributed by atoms with E-state index in [1.165, 1.54) is 35.0 Å². The number of halogens is 3. The number of ether oxygens (including phenoxy) is 1.